The number of aromatic nitrogens is 1. The SMILES string of the molecule is CC(C)c1csc(CN=C(N)N2CCN(C(=O)OC(C)(C)C)CC2)n1.I. The Morgan fingerprint density at radius 3 is 2.38 bits per heavy atom. The number of halogens is 1. The molecule has 0 radical (unpaired) electrons. The fourth-order valence-corrected chi connectivity index (χ4v) is 3.23. The van der Waals surface area contributed by atoms with Gasteiger partial charge < -0.3 is 20.3 Å². The first-order chi connectivity index (χ1) is 11.7. The van der Waals surface area contributed by atoms with Crippen LogP contribution in [0.5, 0.6) is 0 Å². The third kappa shape index (κ3) is 6.90. The fourth-order valence-electron chi connectivity index (χ4n) is 2.36. The summed E-state index contributed by atoms with van der Waals surface area (Å²) in [7, 11) is 0. The molecular formula is C17H30IN5O2S. The van der Waals surface area contributed by atoms with Crippen LogP contribution >= 0.6 is 35.3 Å². The Hall–Kier alpha value is -1.10. The van der Waals surface area contributed by atoms with Crippen LogP contribution in [-0.4, -0.2) is 58.6 Å². The number of hydrogen-bond donors (Lipinski definition) is 1. The largest absolute Gasteiger partial charge is 0.444 e. The summed E-state index contributed by atoms with van der Waals surface area (Å²) in [6.07, 6.45) is -0.272. The smallest absolute Gasteiger partial charge is 0.410 e. The first-order valence-electron chi connectivity index (χ1n) is 8.63. The van der Waals surface area contributed by atoms with E-state index in [2.05, 4.69) is 29.2 Å². The summed E-state index contributed by atoms with van der Waals surface area (Å²) in [6.45, 7) is 12.8. The standard InChI is InChI=1S/C17H29N5O2S.HI/c1-12(2)13-11-25-14(20-13)10-19-15(18)21-6-8-22(9-7-21)16(23)24-17(3,4)5;/h11-12H,6-10H2,1-5H3,(H2,18,19);1H. The Labute approximate surface area is 177 Å². The Morgan fingerprint density at radius 1 is 1.31 bits per heavy atom. The first-order valence-corrected chi connectivity index (χ1v) is 9.51. The van der Waals surface area contributed by atoms with E-state index in [9.17, 15) is 4.79 Å². The lowest BCUT2D eigenvalue weighted by atomic mass is 10.2. The second kappa shape index (κ2) is 9.72. The number of hydrogen-bond acceptors (Lipinski definition) is 5. The van der Waals surface area contributed by atoms with Crippen molar-refractivity contribution in [2.75, 3.05) is 26.2 Å². The molecule has 1 amide bonds. The quantitative estimate of drug-likeness (QED) is 0.396. The van der Waals surface area contributed by atoms with E-state index in [1.54, 1.807) is 16.2 Å². The van der Waals surface area contributed by atoms with Gasteiger partial charge in [0.2, 0.25) is 0 Å². The average molecular weight is 495 g/mol. The van der Waals surface area contributed by atoms with Crippen LogP contribution in [0.15, 0.2) is 10.4 Å². The first kappa shape index (κ1) is 22.9. The number of carbonyl (C=O) groups is 1. The predicted octanol–water partition coefficient (Wildman–Crippen LogP) is 3.25. The summed E-state index contributed by atoms with van der Waals surface area (Å²) in [5.41, 5.74) is 6.73. The van der Waals surface area contributed by atoms with Crippen LogP contribution in [0.4, 0.5) is 4.79 Å². The summed E-state index contributed by atoms with van der Waals surface area (Å²) in [4.78, 5) is 24.8. The van der Waals surface area contributed by atoms with Crippen molar-refractivity contribution in [3.05, 3.63) is 16.1 Å². The van der Waals surface area contributed by atoms with E-state index in [1.165, 1.54) is 0 Å². The summed E-state index contributed by atoms with van der Waals surface area (Å²) in [5, 5.41) is 3.05. The number of rotatable bonds is 3. The highest BCUT2D eigenvalue weighted by Crippen LogP contribution is 2.18. The molecule has 2 rings (SSSR count). The summed E-state index contributed by atoms with van der Waals surface area (Å²) in [5.74, 6) is 0.928. The second-order valence-corrected chi connectivity index (χ2v) is 8.39. The number of nitrogens with zero attached hydrogens (tertiary/aromatic N) is 4. The van der Waals surface area contributed by atoms with Crippen molar-refractivity contribution >= 4 is 47.4 Å². The van der Waals surface area contributed by atoms with Crippen molar-refractivity contribution in [3.8, 4) is 0 Å². The highest BCUT2D eigenvalue weighted by atomic mass is 127. The molecule has 2 N–H and O–H groups in total. The molecule has 0 aliphatic carbocycles. The number of guanidine groups is 1. The third-order valence-electron chi connectivity index (χ3n) is 3.79. The van der Waals surface area contributed by atoms with Gasteiger partial charge in [-0.15, -0.1) is 35.3 Å². The molecule has 148 valence electrons. The maximum absolute atomic E-state index is 12.1. The van der Waals surface area contributed by atoms with E-state index in [4.69, 9.17) is 10.5 Å². The van der Waals surface area contributed by atoms with Gasteiger partial charge in [0.05, 0.1) is 12.2 Å². The lowest BCUT2D eigenvalue weighted by Gasteiger charge is -2.36. The monoisotopic (exact) mass is 495 g/mol. The number of piperazine rings is 1. The molecule has 1 aromatic rings. The predicted molar refractivity (Wildman–Crippen MR) is 116 cm³/mol. The van der Waals surface area contributed by atoms with Crippen LogP contribution in [0.2, 0.25) is 0 Å². The summed E-state index contributed by atoms with van der Waals surface area (Å²) < 4.78 is 5.40. The zero-order chi connectivity index (χ0) is 18.6. The Bertz CT molecular complexity index is 619. The van der Waals surface area contributed by atoms with Crippen molar-refractivity contribution in [2.45, 2.75) is 52.7 Å². The minimum absolute atomic E-state index is 0. The van der Waals surface area contributed by atoms with Gasteiger partial charge in [-0.05, 0) is 26.7 Å². The summed E-state index contributed by atoms with van der Waals surface area (Å²) in [6, 6.07) is 0. The minimum atomic E-state index is -0.475. The molecule has 1 fully saturated rings. The Kier molecular flexibility index (Phi) is 8.58. The van der Waals surface area contributed by atoms with Gasteiger partial charge in [-0.2, -0.15) is 0 Å². The molecule has 1 aliphatic heterocycles. The van der Waals surface area contributed by atoms with E-state index in [0.29, 0.717) is 44.6 Å². The van der Waals surface area contributed by atoms with E-state index < -0.39 is 5.60 Å². The number of amides is 1. The molecule has 1 aliphatic rings. The second-order valence-electron chi connectivity index (χ2n) is 7.45. The molecule has 26 heavy (non-hydrogen) atoms. The molecule has 1 saturated heterocycles. The molecule has 0 unspecified atom stereocenters. The van der Waals surface area contributed by atoms with E-state index in [-0.39, 0.29) is 30.1 Å². The molecule has 0 atom stereocenters. The van der Waals surface area contributed by atoms with E-state index >= 15 is 0 Å². The molecule has 0 aromatic carbocycles. The lowest BCUT2D eigenvalue weighted by Crippen LogP contribution is -2.53. The van der Waals surface area contributed by atoms with Gasteiger partial charge in [-0.25, -0.2) is 14.8 Å². The number of aliphatic imine (C=N–C) groups is 1. The topological polar surface area (TPSA) is 84.0 Å². The minimum Gasteiger partial charge on any atom is -0.444 e. The summed E-state index contributed by atoms with van der Waals surface area (Å²) >= 11 is 1.61. The lowest BCUT2D eigenvalue weighted by molar-refractivity contribution is 0.0186. The molecule has 7 nitrogen and oxygen atoms in total. The van der Waals surface area contributed by atoms with Gasteiger partial charge in [0.25, 0.3) is 0 Å². The maximum atomic E-state index is 12.1. The maximum Gasteiger partial charge on any atom is 0.410 e. The van der Waals surface area contributed by atoms with Crippen LogP contribution in [0.1, 0.15) is 51.2 Å². The molecule has 1 aromatic heterocycles. The van der Waals surface area contributed by atoms with Gasteiger partial charge in [0, 0.05) is 31.6 Å². The normalized spacial score (nSPS) is 15.8. The van der Waals surface area contributed by atoms with Crippen molar-refractivity contribution in [1.29, 1.82) is 0 Å². The van der Waals surface area contributed by atoms with Crippen LogP contribution in [0.25, 0.3) is 0 Å². The zero-order valence-electron chi connectivity index (χ0n) is 16.2. The van der Waals surface area contributed by atoms with Crippen LogP contribution in [0, 0.1) is 0 Å². The van der Waals surface area contributed by atoms with Crippen molar-refractivity contribution in [3.63, 3.8) is 0 Å². The van der Waals surface area contributed by atoms with Crippen LogP contribution in [-0.2, 0) is 11.3 Å². The number of thiazole rings is 1. The molecular weight excluding hydrogens is 465 g/mol. The molecule has 2 heterocycles. The van der Waals surface area contributed by atoms with Crippen molar-refractivity contribution in [1.82, 2.24) is 14.8 Å². The van der Waals surface area contributed by atoms with Gasteiger partial charge >= 0.3 is 6.09 Å². The highest BCUT2D eigenvalue weighted by molar-refractivity contribution is 14.0. The van der Waals surface area contributed by atoms with Crippen molar-refractivity contribution < 1.29 is 9.53 Å². The van der Waals surface area contributed by atoms with Gasteiger partial charge in [0.1, 0.15) is 10.6 Å². The Morgan fingerprint density at radius 2 is 1.88 bits per heavy atom. The highest BCUT2D eigenvalue weighted by Gasteiger charge is 2.26. The van der Waals surface area contributed by atoms with E-state index in [1.807, 2.05) is 25.7 Å². The molecule has 0 bridgehead atoms. The van der Waals surface area contributed by atoms with Crippen molar-refractivity contribution in [2.24, 2.45) is 10.7 Å². The van der Waals surface area contributed by atoms with Gasteiger partial charge in [-0.3, -0.25) is 0 Å². The average Bonchev–Trinajstić information content (AvgIpc) is 3.00. The Balaban J connectivity index is 0.00000338. The zero-order valence-corrected chi connectivity index (χ0v) is 19.3. The molecule has 0 saturated carbocycles. The molecule has 9 heteroatoms. The number of ether oxygens (including phenoxy) is 1. The van der Waals surface area contributed by atoms with Crippen LogP contribution in [0.3, 0.4) is 0 Å². The fraction of sp³-hybridized carbons (Fsp3) is 0.706. The third-order valence-corrected chi connectivity index (χ3v) is 4.64. The van der Waals surface area contributed by atoms with Crippen LogP contribution < -0.4 is 5.73 Å². The number of nitrogens with two attached hydrogens (primary N) is 1. The number of carbonyl (C=O) groups excluding carboxylic acids is 1. The van der Waals surface area contributed by atoms with Gasteiger partial charge in [-0.1, -0.05) is 13.8 Å². The molecule has 0 spiro atoms. The van der Waals surface area contributed by atoms with E-state index in [0.717, 1.165) is 10.7 Å². The van der Waals surface area contributed by atoms with Gasteiger partial charge in [0.15, 0.2) is 5.96 Å².